The zero-order chi connectivity index (χ0) is 44.3. The van der Waals surface area contributed by atoms with Crippen molar-refractivity contribution in [2.45, 2.75) is 154 Å². The molecule has 1 aromatic heterocycles. The van der Waals surface area contributed by atoms with Gasteiger partial charge in [-0.2, -0.15) is 15.0 Å². The normalized spacial score (nSPS) is 27.2. The Kier molecular flexibility index (Phi) is 15.0. The Bertz CT molecular complexity index is 1750. The third kappa shape index (κ3) is 11.3. The van der Waals surface area contributed by atoms with Crippen LogP contribution in [0, 0.1) is 11.8 Å². The summed E-state index contributed by atoms with van der Waals surface area (Å²) in [5.74, 6) is 0.802. The summed E-state index contributed by atoms with van der Waals surface area (Å²) in [4.78, 5) is 31.1. The Labute approximate surface area is 351 Å². The minimum Gasteiger partial charge on any atom is -0.444 e. The number of hydrogen-bond donors (Lipinski definition) is 1. The summed E-state index contributed by atoms with van der Waals surface area (Å²) < 4.78 is 98.1. The van der Waals surface area contributed by atoms with Crippen LogP contribution in [-0.4, -0.2) is 117 Å². The van der Waals surface area contributed by atoms with Gasteiger partial charge in [0.2, 0.25) is 0 Å². The van der Waals surface area contributed by atoms with Crippen molar-refractivity contribution in [3.05, 3.63) is 35.6 Å². The molecule has 3 amide bonds. The summed E-state index contributed by atoms with van der Waals surface area (Å²) in [5, 5.41) is 11.5. The molecule has 4 bridgehead atoms. The molecule has 5 aliphatic rings. The molecular formula is C40H57ClF6N6O7. The van der Waals surface area contributed by atoms with Crippen molar-refractivity contribution < 1.29 is 59.6 Å². The first-order valence-electron chi connectivity index (χ1n) is 20.4. The number of urea groups is 1. The number of rotatable bonds is 14. The zero-order valence-corrected chi connectivity index (χ0v) is 35.8. The maximum Gasteiger partial charge on any atom is 0.522 e. The Hall–Kier alpha value is -3.39. The van der Waals surface area contributed by atoms with Crippen LogP contribution in [0.2, 0.25) is 5.02 Å². The second-order valence-electron chi connectivity index (χ2n) is 17.3. The third-order valence-electron chi connectivity index (χ3n) is 11.5. The summed E-state index contributed by atoms with van der Waals surface area (Å²) in [5.41, 5.74) is -0.620. The molecule has 338 valence electrons. The van der Waals surface area contributed by atoms with Gasteiger partial charge in [-0.05, 0) is 102 Å². The lowest BCUT2D eigenvalue weighted by atomic mass is 9.61. The molecule has 5 fully saturated rings. The molecule has 13 nitrogen and oxygen atoms in total. The van der Waals surface area contributed by atoms with E-state index in [9.17, 15) is 35.9 Å². The summed E-state index contributed by atoms with van der Waals surface area (Å²) in [7, 11) is 0. The minimum atomic E-state index is -4.70. The van der Waals surface area contributed by atoms with Crippen molar-refractivity contribution in [3.63, 3.8) is 0 Å². The third-order valence-corrected chi connectivity index (χ3v) is 11.9. The minimum absolute atomic E-state index is 0.0485. The van der Waals surface area contributed by atoms with Crippen LogP contribution < -0.4 is 5.32 Å². The number of piperidine rings is 2. The van der Waals surface area contributed by atoms with Crippen LogP contribution in [0.15, 0.2) is 30.6 Å². The molecule has 20 heteroatoms. The smallest absolute Gasteiger partial charge is 0.444 e. The van der Waals surface area contributed by atoms with Gasteiger partial charge < -0.3 is 24.4 Å². The average Bonchev–Trinajstić information content (AvgIpc) is 3.65. The average molecular weight is 883 g/mol. The largest absolute Gasteiger partial charge is 0.522 e. The lowest BCUT2D eigenvalue weighted by molar-refractivity contribution is -0.329. The van der Waals surface area contributed by atoms with Gasteiger partial charge in [0.05, 0.1) is 67.1 Å². The van der Waals surface area contributed by atoms with E-state index in [2.05, 4.69) is 38.8 Å². The summed E-state index contributed by atoms with van der Waals surface area (Å²) in [6.45, 7) is 12.0. The van der Waals surface area contributed by atoms with Crippen molar-refractivity contribution in [1.29, 1.82) is 0 Å². The van der Waals surface area contributed by atoms with Gasteiger partial charge in [-0.15, -0.1) is 26.3 Å². The van der Waals surface area contributed by atoms with E-state index < -0.39 is 48.7 Å². The second-order valence-corrected chi connectivity index (χ2v) is 17.7. The van der Waals surface area contributed by atoms with Crippen LogP contribution in [0.4, 0.5) is 41.6 Å². The monoisotopic (exact) mass is 882 g/mol. The van der Waals surface area contributed by atoms with Crippen LogP contribution in [-0.2, 0) is 23.7 Å². The standard InChI is InChI=1S/C22H27ClF3N5O3.C18H30F3NO4/c1-3-19(33-8-9-34-22(24,25)26)21-12-14(2)10-16(13-21)30(21)20(32)29-15-4-5-17(23)18(11-15)31-27-6-7-28-31;1-6-14(24-7-8-25-18(19,20)21)17-10-12(2)9-13(11-17)22(17)15(23)26-16(3,4)5/h4-7,11,14,16,19H,3,8-10,12-13H2,1-2H3,(H,29,32);12-14H,6-11H2,1-5H3. The molecule has 2 aromatic rings. The van der Waals surface area contributed by atoms with Crippen molar-refractivity contribution >= 4 is 29.4 Å². The SMILES string of the molecule is CCC(OCCOC(F)(F)F)C12CC(C)CC(C1)N2C(=O)Nc1ccc(Cl)c(-n2nccn2)c1.CCC(OCCOC(F)(F)F)C12CC(C)CC(C1)N2C(=O)OC(C)(C)C. The van der Waals surface area contributed by atoms with Gasteiger partial charge in [0.1, 0.15) is 11.3 Å². The quantitative estimate of drug-likeness (QED) is 0.146. The van der Waals surface area contributed by atoms with Crippen molar-refractivity contribution in [2.75, 3.05) is 31.7 Å². The number of anilines is 1. The molecule has 0 radical (unpaired) electrons. The van der Waals surface area contributed by atoms with E-state index in [4.69, 9.17) is 25.8 Å². The number of ether oxygens (including phenoxy) is 5. The molecule has 2 aliphatic carbocycles. The Balaban J connectivity index is 0.000000237. The lowest BCUT2D eigenvalue weighted by Crippen LogP contribution is -2.76. The first kappa shape index (κ1) is 47.7. The topological polar surface area (TPSA) is 130 Å². The Morgan fingerprint density at radius 2 is 1.28 bits per heavy atom. The maximum absolute atomic E-state index is 13.4. The van der Waals surface area contributed by atoms with Gasteiger partial charge in [0, 0.05) is 17.8 Å². The number of benzene rings is 1. The van der Waals surface area contributed by atoms with Gasteiger partial charge in [0.15, 0.2) is 0 Å². The Morgan fingerprint density at radius 3 is 1.75 bits per heavy atom. The first-order chi connectivity index (χ1) is 28.0. The molecule has 4 heterocycles. The van der Waals surface area contributed by atoms with E-state index in [-0.39, 0.29) is 43.5 Å². The molecular weight excluding hydrogens is 826 g/mol. The molecule has 7 rings (SSSR count). The molecule has 1 N–H and O–H groups in total. The second kappa shape index (κ2) is 18.9. The van der Waals surface area contributed by atoms with Gasteiger partial charge in [-0.1, -0.05) is 39.3 Å². The highest BCUT2D eigenvalue weighted by Gasteiger charge is 2.63. The first-order valence-corrected chi connectivity index (χ1v) is 20.8. The van der Waals surface area contributed by atoms with Gasteiger partial charge in [0.25, 0.3) is 0 Å². The number of carbonyl (C=O) groups excluding carboxylic acids is 2. The predicted molar refractivity (Wildman–Crippen MR) is 208 cm³/mol. The van der Waals surface area contributed by atoms with Crippen LogP contribution in [0.25, 0.3) is 5.69 Å². The fourth-order valence-electron chi connectivity index (χ4n) is 9.86. The molecule has 1 aromatic carbocycles. The molecule has 0 spiro atoms. The number of carbonyl (C=O) groups is 2. The van der Waals surface area contributed by atoms with Gasteiger partial charge in [-0.25, -0.2) is 9.59 Å². The van der Waals surface area contributed by atoms with Crippen molar-refractivity contribution in [1.82, 2.24) is 24.8 Å². The Morgan fingerprint density at radius 1 is 0.800 bits per heavy atom. The maximum atomic E-state index is 13.4. The molecule has 8 atom stereocenters. The number of hydrogen-bond acceptors (Lipinski definition) is 9. The van der Waals surface area contributed by atoms with Gasteiger partial charge >= 0.3 is 24.8 Å². The van der Waals surface area contributed by atoms with Crippen LogP contribution in [0.1, 0.15) is 99.8 Å². The van der Waals surface area contributed by atoms with Crippen molar-refractivity contribution in [3.8, 4) is 5.69 Å². The fourth-order valence-corrected chi connectivity index (χ4v) is 10.0. The number of aromatic nitrogens is 3. The zero-order valence-electron chi connectivity index (χ0n) is 35.1. The fraction of sp³-hybridized carbons (Fsp3) is 0.750. The molecule has 2 saturated carbocycles. The highest BCUT2D eigenvalue weighted by Crippen LogP contribution is 2.54. The van der Waals surface area contributed by atoms with Crippen molar-refractivity contribution in [2.24, 2.45) is 11.8 Å². The van der Waals surface area contributed by atoms with E-state index in [0.717, 1.165) is 38.5 Å². The number of nitrogens with zero attached hydrogens (tertiary/aromatic N) is 5. The summed E-state index contributed by atoms with van der Waals surface area (Å²) >= 11 is 6.27. The summed E-state index contributed by atoms with van der Waals surface area (Å²) in [6.07, 6.45) is -1.43. The molecule has 3 aliphatic heterocycles. The van der Waals surface area contributed by atoms with Crippen LogP contribution >= 0.6 is 11.6 Å². The lowest BCUT2D eigenvalue weighted by Gasteiger charge is -2.65. The van der Waals surface area contributed by atoms with E-state index in [0.29, 0.717) is 41.1 Å². The van der Waals surface area contributed by atoms with E-state index in [1.165, 1.54) is 17.2 Å². The van der Waals surface area contributed by atoms with Crippen LogP contribution in [0.3, 0.4) is 0 Å². The highest BCUT2D eigenvalue weighted by molar-refractivity contribution is 6.32. The number of halogens is 7. The predicted octanol–water partition coefficient (Wildman–Crippen LogP) is 9.52. The summed E-state index contributed by atoms with van der Waals surface area (Å²) in [6, 6.07) is 4.92. The van der Waals surface area contributed by atoms with Crippen LogP contribution in [0.5, 0.6) is 0 Å². The number of alkyl halides is 6. The number of amides is 3. The molecule has 3 saturated heterocycles. The highest BCUT2D eigenvalue weighted by atomic mass is 35.5. The molecule has 60 heavy (non-hydrogen) atoms. The number of fused-ring (bicyclic) bond motifs is 4. The van der Waals surface area contributed by atoms with E-state index in [1.807, 2.05) is 39.5 Å². The molecule has 8 unspecified atom stereocenters. The van der Waals surface area contributed by atoms with E-state index in [1.54, 1.807) is 23.1 Å². The van der Waals surface area contributed by atoms with Gasteiger partial charge in [-0.3, -0.25) is 14.4 Å². The number of likely N-dealkylation sites (tertiary alicyclic amines) is 1. The number of nitrogens with one attached hydrogen (secondary N) is 1. The van der Waals surface area contributed by atoms with E-state index >= 15 is 0 Å².